The summed E-state index contributed by atoms with van der Waals surface area (Å²) >= 11 is 0. The molecule has 0 bridgehead atoms. The molecule has 0 spiro atoms. The Morgan fingerprint density at radius 2 is 1.33 bits per heavy atom. The zero-order chi connectivity index (χ0) is 7.71. The van der Waals surface area contributed by atoms with E-state index in [1.807, 2.05) is 0 Å². The van der Waals surface area contributed by atoms with Crippen molar-refractivity contribution in [2.24, 2.45) is 16.6 Å². The fraction of sp³-hybridized carbons (Fsp3) is 1.00. The van der Waals surface area contributed by atoms with Gasteiger partial charge in [0.25, 0.3) is 0 Å². The van der Waals surface area contributed by atoms with Crippen molar-refractivity contribution in [1.29, 1.82) is 0 Å². The Labute approximate surface area is 58.6 Å². The molecule has 0 aliphatic heterocycles. The van der Waals surface area contributed by atoms with Crippen LogP contribution < -0.4 is 5.73 Å². The Bertz CT molecular complexity index is 87.2. The van der Waals surface area contributed by atoms with Crippen molar-refractivity contribution in [1.82, 2.24) is 0 Å². The van der Waals surface area contributed by atoms with Gasteiger partial charge in [-0.1, -0.05) is 34.6 Å². The molecular weight excluding hydrogens is 110 g/mol. The second kappa shape index (κ2) is 2.30. The van der Waals surface area contributed by atoms with Gasteiger partial charge in [-0.3, -0.25) is 0 Å². The van der Waals surface area contributed by atoms with Crippen LogP contribution in [0.25, 0.3) is 0 Å². The van der Waals surface area contributed by atoms with Crippen molar-refractivity contribution in [3.63, 3.8) is 0 Å². The molecular formula is C8H19N. The van der Waals surface area contributed by atoms with Crippen LogP contribution in [0.1, 0.15) is 34.6 Å². The maximum Gasteiger partial charge on any atom is -0.00208 e. The van der Waals surface area contributed by atoms with Crippen LogP contribution in [0.2, 0.25) is 0 Å². The van der Waals surface area contributed by atoms with Gasteiger partial charge < -0.3 is 5.73 Å². The maximum absolute atomic E-state index is 5.59. The quantitative estimate of drug-likeness (QED) is 0.576. The molecule has 0 aliphatic carbocycles. The first-order valence-corrected chi connectivity index (χ1v) is 3.51. The van der Waals surface area contributed by atoms with Crippen molar-refractivity contribution < 1.29 is 0 Å². The monoisotopic (exact) mass is 129 g/mol. The average Bonchev–Trinajstić information content (AvgIpc) is 1.64. The van der Waals surface area contributed by atoms with Gasteiger partial charge in [-0.25, -0.2) is 0 Å². The van der Waals surface area contributed by atoms with Crippen molar-refractivity contribution >= 4 is 0 Å². The highest BCUT2D eigenvalue weighted by Crippen LogP contribution is 2.36. The van der Waals surface area contributed by atoms with Gasteiger partial charge in [0.05, 0.1) is 0 Å². The highest BCUT2D eigenvalue weighted by atomic mass is 14.6. The lowest BCUT2D eigenvalue weighted by molar-refractivity contribution is 0.142. The summed E-state index contributed by atoms with van der Waals surface area (Å²) in [5, 5.41) is 0. The first-order chi connectivity index (χ1) is 3.81. The zero-order valence-corrected chi connectivity index (χ0v) is 7.28. The third-order valence-electron chi connectivity index (χ3n) is 2.54. The smallest absolute Gasteiger partial charge is 0.00208 e. The van der Waals surface area contributed by atoms with Crippen molar-refractivity contribution in [3.8, 4) is 0 Å². The van der Waals surface area contributed by atoms with Crippen LogP contribution >= 0.6 is 0 Å². The Morgan fingerprint density at radius 1 is 1.00 bits per heavy atom. The van der Waals surface area contributed by atoms with Crippen LogP contribution in [0, 0.1) is 10.8 Å². The van der Waals surface area contributed by atoms with E-state index in [9.17, 15) is 0 Å². The number of nitrogens with two attached hydrogens (primary N) is 1. The van der Waals surface area contributed by atoms with E-state index in [-0.39, 0.29) is 5.41 Å². The van der Waals surface area contributed by atoms with Crippen LogP contribution in [0.5, 0.6) is 0 Å². The number of rotatable bonds is 1. The molecule has 1 nitrogen and oxygen atoms in total. The van der Waals surface area contributed by atoms with Crippen LogP contribution in [0.4, 0.5) is 0 Å². The highest BCUT2D eigenvalue weighted by Gasteiger charge is 2.30. The minimum Gasteiger partial charge on any atom is -0.330 e. The molecule has 0 aliphatic rings. The van der Waals surface area contributed by atoms with E-state index in [0.717, 1.165) is 6.54 Å². The van der Waals surface area contributed by atoms with Crippen LogP contribution in [0.15, 0.2) is 0 Å². The van der Waals surface area contributed by atoms with Gasteiger partial charge >= 0.3 is 0 Å². The van der Waals surface area contributed by atoms with Gasteiger partial charge in [0.2, 0.25) is 0 Å². The number of hydrogen-bond acceptors (Lipinski definition) is 1. The fourth-order valence-corrected chi connectivity index (χ4v) is 0.306. The van der Waals surface area contributed by atoms with Gasteiger partial charge in [-0.05, 0) is 17.4 Å². The second-order valence-electron chi connectivity index (χ2n) is 4.34. The average molecular weight is 129 g/mol. The van der Waals surface area contributed by atoms with Crippen molar-refractivity contribution in [2.45, 2.75) is 34.6 Å². The minimum atomic E-state index is 0.257. The van der Waals surface area contributed by atoms with Crippen LogP contribution in [-0.4, -0.2) is 6.54 Å². The van der Waals surface area contributed by atoms with Crippen LogP contribution in [0.3, 0.4) is 0 Å². The first-order valence-electron chi connectivity index (χ1n) is 3.51. The molecule has 0 saturated carbocycles. The molecule has 56 valence electrons. The lowest BCUT2D eigenvalue weighted by Crippen LogP contribution is -2.36. The van der Waals surface area contributed by atoms with Crippen LogP contribution in [-0.2, 0) is 0 Å². The Kier molecular flexibility index (Phi) is 2.29. The lowest BCUT2D eigenvalue weighted by atomic mass is 9.69. The maximum atomic E-state index is 5.59. The fourth-order valence-electron chi connectivity index (χ4n) is 0.306. The largest absolute Gasteiger partial charge is 0.330 e. The standard InChI is InChI=1S/C8H19N/c1-7(2,3)8(4,5)6-9/h6,9H2,1-5H3. The first kappa shape index (κ1) is 8.96. The topological polar surface area (TPSA) is 26.0 Å². The molecule has 0 aromatic rings. The summed E-state index contributed by atoms with van der Waals surface area (Å²) < 4.78 is 0. The predicted molar refractivity (Wildman–Crippen MR) is 42.3 cm³/mol. The molecule has 0 fully saturated rings. The highest BCUT2D eigenvalue weighted by molar-refractivity contribution is 4.82. The van der Waals surface area contributed by atoms with Crippen molar-refractivity contribution in [2.75, 3.05) is 6.54 Å². The Morgan fingerprint density at radius 3 is 1.33 bits per heavy atom. The SMILES string of the molecule is CC(C)(C)C(C)(C)CN. The summed E-state index contributed by atoms with van der Waals surface area (Å²) in [6.45, 7) is 11.8. The molecule has 0 atom stereocenters. The third kappa shape index (κ3) is 1.98. The Hall–Kier alpha value is -0.0400. The molecule has 0 heterocycles. The minimum absolute atomic E-state index is 0.257. The molecule has 0 radical (unpaired) electrons. The molecule has 0 rings (SSSR count). The van der Waals surface area contributed by atoms with E-state index >= 15 is 0 Å². The zero-order valence-electron chi connectivity index (χ0n) is 7.28. The van der Waals surface area contributed by atoms with Gasteiger partial charge in [-0.15, -0.1) is 0 Å². The molecule has 0 aromatic carbocycles. The Balaban J connectivity index is 4.14. The van der Waals surface area contributed by atoms with Crippen molar-refractivity contribution in [3.05, 3.63) is 0 Å². The number of hydrogen-bond donors (Lipinski definition) is 1. The molecule has 1 heteroatoms. The molecule has 0 aromatic heterocycles. The summed E-state index contributed by atoms with van der Waals surface area (Å²) in [5.41, 5.74) is 6.17. The van der Waals surface area contributed by atoms with Gasteiger partial charge in [0.1, 0.15) is 0 Å². The molecule has 2 N–H and O–H groups in total. The van der Waals surface area contributed by atoms with E-state index in [4.69, 9.17) is 5.73 Å². The van der Waals surface area contributed by atoms with E-state index in [0.29, 0.717) is 5.41 Å². The summed E-state index contributed by atoms with van der Waals surface area (Å²) in [4.78, 5) is 0. The molecule has 9 heavy (non-hydrogen) atoms. The molecule has 0 saturated heterocycles. The summed E-state index contributed by atoms with van der Waals surface area (Å²) in [5.74, 6) is 0. The van der Waals surface area contributed by atoms with E-state index < -0.39 is 0 Å². The lowest BCUT2D eigenvalue weighted by Gasteiger charge is -2.37. The molecule has 0 unspecified atom stereocenters. The molecule has 0 amide bonds. The van der Waals surface area contributed by atoms with Gasteiger partial charge in [0.15, 0.2) is 0 Å². The van der Waals surface area contributed by atoms with E-state index in [1.165, 1.54) is 0 Å². The summed E-state index contributed by atoms with van der Waals surface area (Å²) in [6, 6.07) is 0. The third-order valence-corrected chi connectivity index (χ3v) is 2.54. The van der Waals surface area contributed by atoms with Gasteiger partial charge in [-0.2, -0.15) is 0 Å². The van der Waals surface area contributed by atoms with E-state index in [1.54, 1.807) is 0 Å². The van der Waals surface area contributed by atoms with E-state index in [2.05, 4.69) is 34.6 Å². The second-order valence-corrected chi connectivity index (χ2v) is 4.34. The normalized spacial score (nSPS) is 14.0. The summed E-state index contributed by atoms with van der Waals surface area (Å²) in [6.07, 6.45) is 0. The predicted octanol–water partition coefficient (Wildman–Crippen LogP) is 2.02. The summed E-state index contributed by atoms with van der Waals surface area (Å²) in [7, 11) is 0. The van der Waals surface area contributed by atoms with Gasteiger partial charge in [0, 0.05) is 0 Å².